The van der Waals surface area contributed by atoms with Crippen LogP contribution in [-0.2, 0) is 0 Å². The zero-order chi connectivity index (χ0) is 10.3. The summed E-state index contributed by atoms with van der Waals surface area (Å²) in [6, 6.07) is 5.56. The highest BCUT2D eigenvalue weighted by molar-refractivity contribution is 5.75. The van der Waals surface area contributed by atoms with Gasteiger partial charge in [-0.2, -0.15) is 0 Å². The summed E-state index contributed by atoms with van der Waals surface area (Å²) in [5.41, 5.74) is 0.258. The molecule has 0 N–H and O–H groups in total. The van der Waals surface area contributed by atoms with Crippen LogP contribution >= 0.6 is 0 Å². The first-order valence-electron chi connectivity index (χ1n) is 3.31. The van der Waals surface area contributed by atoms with Crippen molar-refractivity contribution in [1.82, 2.24) is 0 Å². The first-order valence-corrected chi connectivity index (χ1v) is 3.31. The maximum Gasteiger partial charge on any atom is 0.270 e. The minimum absolute atomic E-state index is 0.0606. The van der Waals surface area contributed by atoms with Crippen LogP contribution in [0.15, 0.2) is 24.3 Å². The van der Waals surface area contributed by atoms with Gasteiger partial charge in [-0.3, -0.25) is 19.3 Å². The lowest BCUT2D eigenvalue weighted by Crippen LogP contribution is -1.88. The van der Waals surface area contributed by atoms with Crippen LogP contribution in [0.25, 0.3) is 0 Å². The molecule has 0 aliphatic heterocycles. The minimum Gasteiger partial charge on any atom is -0.298 e. The monoisotopic (exact) mass is 185 g/mol. The molecule has 0 unspecified atom stereocenters. The van der Waals surface area contributed by atoms with Gasteiger partial charge in [-0.05, 0) is 0 Å². The summed E-state index contributed by atoms with van der Waals surface area (Å²) in [7, 11) is 0.500. The van der Waals surface area contributed by atoms with Crippen LogP contribution in [0.1, 0.15) is 10.4 Å². The standard InChI is InChI=1S/C7H5NO3.CH3F/c9-5-6-2-1-3-7(4-6)8(10)11;1-2/h1-5H;1H3. The summed E-state index contributed by atoms with van der Waals surface area (Å²) in [5, 5.41) is 10.2. The Kier molecular flexibility index (Phi) is 5.02. The normalized spacial score (nSPS) is 8.15. The van der Waals surface area contributed by atoms with Gasteiger partial charge in [-0.15, -0.1) is 0 Å². The maximum atomic E-state index is 10.2. The Balaban J connectivity index is 0.000000671. The van der Waals surface area contributed by atoms with Gasteiger partial charge >= 0.3 is 0 Å². The van der Waals surface area contributed by atoms with Crippen molar-refractivity contribution < 1.29 is 14.1 Å². The third-order valence-electron chi connectivity index (χ3n) is 1.22. The van der Waals surface area contributed by atoms with Crippen molar-refractivity contribution in [2.24, 2.45) is 0 Å². The average molecular weight is 185 g/mol. The van der Waals surface area contributed by atoms with Crippen molar-refractivity contribution in [3.05, 3.63) is 39.9 Å². The molecule has 1 aromatic rings. The predicted molar refractivity (Wildman–Crippen MR) is 45.5 cm³/mol. The molecule has 5 heteroatoms. The Bertz CT molecular complexity index is 301. The minimum atomic E-state index is -0.535. The number of nitrogens with zero attached hydrogens (tertiary/aromatic N) is 1. The molecular formula is C8H8FNO3. The van der Waals surface area contributed by atoms with E-state index >= 15 is 0 Å². The number of nitro groups is 1. The zero-order valence-corrected chi connectivity index (χ0v) is 6.94. The summed E-state index contributed by atoms with van der Waals surface area (Å²) >= 11 is 0. The number of non-ortho nitro benzene ring substituents is 1. The van der Waals surface area contributed by atoms with Gasteiger partial charge in [0.2, 0.25) is 0 Å². The SMILES string of the molecule is CF.O=Cc1cccc([N+](=O)[O-])c1. The van der Waals surface area contributed by atoms with Crippen molar-refractivity contribution in [3.8, 4) is 0 Å². The summed E-state index contributed by atoms with van der Waals surface area (Å²) < 4.78 is 9.50. The lowest BCUT2D eigenvalue weighted by atomic mass is 10.2. The van der Waals surface area contributed by atoms with Crippen LogP contribution < -0.4 is 0 Å². The van der Waals surface area contributed by atoms with Crippen molar-refractivity contribution in [2.75, 3.05) is 7.18 Å². The highest BCUT2D eigenvalue weighted by Crippen LogP contribution is 2.10. The van der Waals surface area contributed by atoms with Crippen molar-refractivity contribution in [2.45, 2.75) is 0 Å². The Labute approximate surface area is 74.1 Å². The van der Waals surface area contributed by atoms with Gasteiger partial charge in [0.1, 0.15) is 6.29 Å². The summed E-state index contributed by atoms with van der Waals surface area (Å²) in [4.78, 5) is 19.8. The van der Waals surface area contributed by atoms with E-state index < -0.39 is 4.92 Å². The van der Waals surface area contributed by atoms with Gasteiger partial charge < -0.3 is 0 Å². The van der Waals surface area contributed by atoms with E-state index in [0.717, 1.165) is 0 Å². The number of nitro benzene ring substituents is 1. The molecule has 0 fully saturated rings. The first kappa shape index (κ1) is 11.2. The average Bonchev–Trinajstić information content (AvgIpc) is 2.21. The summed E-state index contributed by atoms with van der Waals surface area (Å²) in [5.74, 6) is 0. The molecule has 0 amide bonds. The van der Waals surface area contributed by atoms with E-state index in [1.165, 1.54) is 24.3 Å². The van der Waals surface area contributed by atoms with Gasteiger partial charge in [0.25, 0.3) is 5.69 Å². The van der Waals surface area contributed by atoms with E-state index in [2.05, 4.69) is 0 Å². The van der Waals surface area contributed by atoms with E-state index in [1.54, 1.807) is 0 Å². The Morgan fingerprint density at radius 2 is 2.08 bits per heavy atom. The van der Waals surface area contributed by atoms with E-state index in [0.29, 0.717) is 19.0 Å². The fourth-order valence-electron chi connectivity index (χ4n) is 0.712. The van der Waals surface area contributed by atoms with Crippen LogP contribution in [-0.4, -0.2) is 18.4 Å². The second-order valence-corrected chi connectivity index (χ2v) is 1.97. The smallest absolute Gasteiger partial charge is 0.270 e. The van der Waals surface area contributed by atoms with Crippen LogP contribution in [0.4, 0.5) is 10.1 Å². The molecule has 0 aromatic heterocycles. The maximum absolute atomic E-state index is 10.2. The van der Waals surface area contributed by atoms with E-state index in [-0.39, 0.29) is 5.69 Å². The molecule has 0 saturated heterocycles. The molecule has 13 heavy (non-hydrogen) atoms. The number of hydrogen-bond donors (Lipinski definition) is 0. The van der Waals surface area contributed by atoms with Crippen LogP contribution in [0.3, 0.4) is 0 Å². The molecule has 0 saturated carbocycles. The fourth-order valence-corrected chi connectivity index (χ4v) is 0.712. The molecule has 0 aliphatic carbocycles. The number of rotatable bonds is 2. The highest BCUT2D eigenvalue weighted by Gasteiger charge is 2.03. The van der Waals surface area contributed by atoms with E-state index in [4.69, 9.17) is 0 Å². The van der Waals surface area contributed by atoms with Crippen molar-refractivity contribution in [3.63, 3.8) is 0 Å². The molecule has 1 rings (SSSR count). The van der Waals surface area contributed by atoms with Gasteiger partial charge in [-0.1, -0.05) is 12.1 Å². The van der Waals surface area contributed by atoms with Crippen LogP contribution in [0.2, 0.25) is 0 Å². The third-order valence-corrected chi connectivity index (χ3v) is 1.22. The fraction of sp³-hybridized carbons (Fsp3) is 0.125. The number of hydrogen-bond acceptors (Lipinski definition) is 3. The molecule has 4 nitrogen and oxygen atoms in total. The topological polar surface area (TPSA) is 60.2 Å². The Morgan fingerprint density at radius 1 is 1.46 bits per heavy atom. The highest BCUT2D eigenvalue weighted by atomic mass is 19.1. The molecule has 0 spiro atoms. The predicted octanol–water partition coefficient (Wildman–Crippen LogP) is 1.99. The third kappa shape index (κ3) is 3.42. The van der Waals surface area contributed by atoms with E-state index in [1.807, 2.05) is 0 Å². The molecule has 1 aromatic carbocycles. The van der Waals surface area contributed by atoms with Crippen LogP contribution in [0, 0.1) is 10.1 Å². The molecular weight excluding hydrogens is 177 g/mol. The number of alkyl halides is 1. The number of benzene rings is 1. The first-order chi connectivity index (χ1) is 6.24. The second kappa shape index (κ2) is 5.82. The molecule has 0 atom stereocenters. The lowest BCUT2D eigenvalue weighted by molar-refractivity contribution is -0.384. The Hall–Kier alpha value is -1.78. The van der Waals surface area contributed by atoms with Gasteiger partial charge in [0, 0.05) is 17.7 Å². The van der Waals surface area contributed by atoms with Gasteiger partial charge in [0.15, 0.2) is 0 Å². The van der Waals surface area contributed by atoms with Gasteiger partial charge in [-0.25, -0.2) is 0 Å². The number of aldehydes is 1. The number of carbonyl (C=O) groups is 1. The Morgan fingerprint density at radius 3 is 2.54 bits per heavy atom. The summed E-state index contributed by atoms with van der Waals surface area (Å²) in [6.07, 6.45) is 0.576. The quantitative estimate of drug-likeness (QED) is 0.402. The summed E-state index contributed by atoms with van der Waals surface area (Å²) in [6.45, 7) is 0. The largest absolute Gasteiger partial charge is 0.298 e. The van der Waals surface area contributed by atoms with Crippen molar-refractivity contribution in [1.29, 1.82) is 0 Å². The molecule has 0 heterocycles. The van der Waals surface area contributed by atoms with E-state index in [9.17, 15) is 19.3 Å². The zero-order valence-electron chi connectivity index (χ0n) is 6.94. The van der Waals surface area contributed by atoms with Gasteiger partial charge in [0.05, 0.1) is 12.1 Å². The number of halogens is 1. The molecule has 0 radical (unpaired) electrons. The lowest BCUT2D eigenvalue weighted by Gasteiger charge is -1.90. The molecule has 70 valence electrons. The number of carbonyl (C=O) groups excluding carboxylic acids is 1. The second-order valence-electron chi connectivity index (χ2n) is 1.97. The molecule has 0 aliphatic rings. The molecule has 0 bridgehead atoms. The van der Waals surface area contributed by atoms with Crippen molar-refractivity contribution >= 4 is 12.0 Å². The van der Waals surface area contributed by atoms with Crippen LogP contribution in [0.5, 0.6) is 0 Å².